The molecule has 17 heavy (non-hydrogen) atoms. The van der Waals surface area contributed by atoms with Crippen molar-refractivity contribution in [2.45, 2.75) is 32.9 Å². The summed E-state index contributed by atoms with van der Waals surface area (Å²) >= 11 is 5.17. The minimum absolute atomic E-state index is 0.121. The van der Waals surface area contributed by atoms with E-state index >= 15 is 0 Å². The monoisotopic (exact) mass is 319 g/mol. The molecule has 1 aromatic heterocycles. The first kappa shape index (κ1) is 14.7. The predicted molar refractivity (Wildman–Crippen MR) is 74.2 cm³/mol. The normalized spacial score (nSPS) is 14.7. The number of ether oxygens (including phenoxy) is 1. The summed E-state index contributed by atoms with van der Waals surface area (Å²) in [5.74, 6) is -0.0110. The van der Waals surface area contributed by atoms with Crippen LogP contribution in [0.1, 0.15) is 31.7 Å². The van der Waals surface area contributed by atoms with Crippen LogP contribution in [0.3, 0.4) is 0 Å². The first-order valence-corrected chi connectivity index (χ1v) is 7.21. The van der Waals surface area contributed by atoms with Crippen molar-refractivity contribution in [3.05, 3.63) is 20.8 Å². The molecule has 0 bridgehead atoms. The lowest BCUT2D eigenvalue weighted by Crippen LogP contribution is -2.42. The van der Waals surface area contributed by atoms with Gasteiger partial charge in [-0.1, -0.05) is 13.8 Å². The first-order chi connectivity index (χ1) is 7.97. The van der Waals surface area contributed by atoms with E-state index in [9.17, 15) is 4.79 Å². The van der Waals surface area contributed by atoms with Crippen LogP contribution in [0, 0.1) is 5.92 Å². The fourth-order valence-electron chi connectivity index (χ4n) is 1.62. The van der Waals surface area contributed by atoms with Crippen LogP contribution < -0.4 is 5.32 Å². The molecular weight excluding hydrogens is 302 g/mol. The van der Waals surface area contributed by atoms with Gasteiger partial charge in [-0.05, 0) is 40.2 Å². The highest BCUT2D eigenvalue weighted by Gasteiger charge is 2.25. The van der Waals surface area contributed by atoms with Crippen LogP contribution in [-0.2, 0) is 9.53 Å². The minimum atomic E-state index is -0.274. The Labute approximate surface area is 115 Å². The maximum atomic E-state index is 11.7. The lowest BCUT2D eigenvalue weighted by atomic mass is 10.0. The molecule has 3 nitrogen and oxygen atoms in total. The van der Waals surface area contributed by atoms with E-state index < -0.39 is 0 Å². The Kier molecular flexibility index (Phi) is 5.62. The smallest absolute Gasteiger partial charge is 0.323 e. The molecule has 1 unspecified atom stereocenters. The molecule has 1 aromatic rings. The summed E-state index contributed by atoms with van der Waals surface area (Å²) < 4.78 is 5.89. The van der Waals surface area contributed by atoms with E-state index in [2.05, 4.69) is 28.2 Å². The molecule has 0 radical (unpaired) electrons. The highest BCUT2D eigenvalue weighted by atomic mass is 79.9. The minimum Gasteiger partial charge on any atom is -0.468 e. The second-order valence-electron chi connectivity index (χ2n) is 4.27. The van der Waals surface area contributed by atoms with Crippen molar-refractivity contribution in [2.24, 2.45) is 5.92 Å². The van der Waals surface area contributed by atoms with Crippen molar-refractivity contribution in [1.82, 2.24) is 5.32 Å². The summed E-state index contributed by atoms with van der Waals surface area (Å²) in [5.41, 5.74) is 0. The summed E-state index contributed by atoms with van der Waals surface area (Å²) in [7, 11) is 1.42. The van der Waals surface area contributed by atoms with Crippen LogP contribution in [0.4, 0.5) is 0 Å². The number of hydrogen-bond acceptors (Lipinski definition) is 4. The maximum Gasteiger partial charge on any atom is 0.323 e. The maximum absolute atomic E-state index is 11.7. The Bertz CT molecular complexity index is 378. The quantitative estimate of drug-likeness (QED) is 0.846. The van der Waals surface area contributed by atoms with Crippen molar-refractivity contribution >= 4 is 33.2 Å². The van der Waals surface area contributed by atoms with Crippen LogP contribution >= 0.6 is 27.3 Å². The summed E-state index contributed by atoms with van der Waals surface area (Å²) in [6, 6.07) is 1.86. The molecule has 0 saturated carbocycles. The van der Waals surface area contributed by atoms with Gasteiger partial charge in [0.2, 0.25) is 0 Å². The molecule has 0 aliphatic carbocycles. The average Bonchev–Trinajstić information content (AvgIpc) is 2.70. The molecule has 5 heteroatoms. The standard InChI is InChI=1S/C12H18BrNO2S/c1-7(2)10(12(15)16-4)14-8(3)11-9(13)5-6-17-11/h5-8,10,14H,1-4H3/t8?,10-/m0/s1. The second kappa shape index (κ2) is 6.52. The van der Waals surface area contributed by atoms with E-state index in [1.165, 1.54) is 12.0 Å². The van der Waals surface area contributed by atoms with E-state index in [0.717, 1.165) is 4.47 Å². The molecule has 1 rings (SSSR count). The van der Waals surface area contributed by atoms with Gasteiger partial charge < -0.3 is 4.74 Å². The summed E-state index contributed by atoms with van der Waals surface area (Å²) in [5, 5.41) is 5.34. The number of halogens is 1. The van der Waals surface area contributed by atoms with Gasteiger partial charge in [-0.25, -0.2) is 0 Å². The second-order valence-corrected chi connectivity index (χ2v) is 6.07. The fourth-order valence-corrected chi connectivity index (χ4v) is 3.35. The third-order valence-electron chi connectivity index (χ3n) is 2.59. The van der Waals surface area contributed by atoms with Crippen molar-refractivity contribution in [1.29, 1.82) is 0 Å². The molecule has 0 aliphatic heterocycles. The van der Waals surface area contributed by atoms with E-state index in [-0.39, 0.29) is 24.0 Å². The molecule has 0 aliphatic rings. The number of methoxy groups -OCH3 is 1. The summed E-state index contributed by atoms with van der Waals surface area (Å²) in [6.45, 7) is 6.06. The van der Waals surface area contributed by atoms with Gasteiger partial charge in [-0.2, -0.15) is 0 Å². The lowest BCUT2D eigenvalue weighted by Gasteiger charge is -2.24. The third-order valence-corrected chi connectivity index (χ3v) is 4.64. The Morgan fingerprint density at radius 1 is 1.47 bits per heavy atom. The van der Waals surface area contributed by atoms with Crippen molar-refractivity contribution in [2.75, 3.05) is 7.11 Å². The highest BCUT2D eigenvalue weighted by molar-refractivity contribution is 9.10. The molecule has 0 spiro atoms. The number of nitrogens with one attached hydrogen (secondary N) is 1. The molecule has 0 fully saturated rings. The van der Waals surface area contributed by atoms with Gasteiger partial charge in [-0.15, -0.1) is 11.3 Å². The van der Waals surface area contributed by atoms with Gasteiger partial charge >= 0.3 is 5.97 Å². The van der Waals surface area contributed by atoms with Crippen LogP contribution in [0.5, 0.6) is 0 Å². The molecule has 0 aromatic carbocycles. The number of carbonyl (C=O) groups excluding carboxylic acids is 1. The Hall–Kier alpha value is -0.390. The molecule has 2 atom stereocenters. The Morgan fingerprint density at radius 3 is 2.53 bits per heavy atom. The van der Waals surface area contributed by atoms with Crippen LogP contribution in [0.25, 0.3) is 0 Å². The third kappa shape index (κ3) is 3.79. The summed E-state index contributed by atoms with van der Waals surface area (Å²) in [4.78, 5) is 12.8. The van der Waals surface area contributed by atoms with Crippen molar-refractivity contribution < 1.29 is 9.53 Å². The summed E-state index contributed by atoms with van der Waals surface area (Å²) in [6.07, 6.45) is 0. The van der Waals surface area contributed by atoms with Crippen LogP contribution in [0.2, 0.25) is 0 Å². The predicted octanol–water partition coefficient (Wildman–Crippen LogP) is 3.36. The number of hydrogen-bond donors (Lipinski definition) is 1. The van der Waals surface area contributed by atoms with E-state index in [1.807, 2.05) is 25.3 Å². The molecule has 1 heterocycles. The van der Waals surface area contributed by atoms with Gasteiger partial charge in [0.05, 0.1) is 7.11 Å². The Morgan fingerprint density at radius 2 is 2.12 bits per heavy atom. The number of esters is 1. The zero-order valence-corrected chi connectivity index (χ0v) is 12.9. The van der Waals surface area contributed by atoms with Gasteiger partial charge in [0, 0.05) is 15.4 Å². The lowest BCUT2D eigenvalue weighted by molar-refractivity contribution is -0.144. The fraction of sp³-hybridized carbons (Fsp3) is 0.583. The largest absolute Gasteiger partial charge is 0.468 e. The van der Waals surface area contributed by atoms with Crippen molar-refractivity contribution in [3.8, 4) is 0 Å². The number of carbonyl (C=O) groups is 1. The van der Waals surface area contributed by atoms with Crippen molar-refractivity contribution in [3.63, 3.8) is 0 Å². The molecule has 1 N–H and O–H groups in total. The zero-order chi connectivity index (χ0) is 13.0. The van der Waals surface area contributed by atoms with Gasteiger partial charge in [-0.3, -0.25) is 10.1 Å². The SMILES string of the molecule is COC(=O)[C@@H](NC(C)c1sccc1Br)C(C)C. The van der Waals surface area contributed by atoms with E-state index in [0.29, 0.717) is 0 Å². The van der Waals surface area contributed by atoms with E-state index in [4.69, 9.17) is 4.74 Å². The molecule has 0 saturated heterocycles. The highest BCUT2D eigenvalue weighted by Crippen LogP contribution is 2.29. The molecule has 96 valence electrons. The zero-order valence-electron chi connectivity index (χ0n) is 10.5. The van der Waals surface area contributed by atoms with Gasteiger partial charge in [0.25, 0.3) is 0 Å². The van der Waals surface area contributed by atoms with E-state index in [1.54, 1.807) is 11.3 Å². The topological polar surface area (TPSA) is 38.3 Å². The molecule has 0 amide bonds. The Balaban J connectivity index is 2.74. The van der Waals surface area contributed by atoms with Crippen LogP contribution in [-0.4, -0.2) is 19.1 Å². The van der Waals surface area contributed by atoms with Gasteiger partial charge in [0.1, 0.15) is 6.04 Å². The van der Waals surface area contributed by atoms with Gasteiger partial charge in [0.15, 0.2) is 0 Å². The first-order valence-electron chi connectivity index (χ1n) is 5.54. The number of rotatable bonds is 5. The average molecular weight is 320 g/mol. The van der Waals surface area contributed by atoms with Crippen LogP contribution in [0.15, 0.2) is 15.9 Å². The molecular formula is C12H18BrNO2S. The number of thiophene rings is 1.